The molecule has 18 nitrogen and oxygen atoms in total. The molecule has 72 heavy (non-hydrogen) atoms. The Morgan fingerprint density at radius 2 is 0.292 bits per heavy atom. The highest BCUT2D eigenvalue weighted by molar-refractivity contribution is 7.95. The fraction of sp³-hybridized carbons (Fsp3) is 0. The summed E-state index contributed by atoms with van der Waals surface area (Å²) in [6.07, 6.45) is 0. The van der Waals surface area contributed by atoms with Gasteiger partial charge in [-0.15, -0.1) is 0 Å². The van der Waals surface area contributed by atoms with E-state index in [1.165, 1.54) is 109 Å². The molecule has 0 saturated heterocycles. The molecule has 0 radical (unpaired) electrons. The van der Waals surface area contributed by atoms with Gasteiger partial charge in [-0.3, -0.25) is 0 Å². The van der Waals surface area contributed by atoms with Gasteiger partial charge in [-0.25, -0.2) is 80.4 Å². The van der Waals surface area contributed by atoms with Gasteiger partial charge in [-0.2, -0.15) is 0 Å². The molecule has 0 bridgehead atoms. The monoisotopic (exact) mass is 1070 g/mol. The predicted molar refractivity (Wildman–Crippen MR) is 257 cm³/mol. The second-order valence-electron chi connectivity index (χ2n) is 15.5. The first-order valence-electron chi connectivity index (χ1n) is 20.8. The fourth-order valence-electron chi connectivity index (χ4n) is 7.52. The van der Waals surface area contributed by atoms with Gasteiger partial charge in [0.15, 0.2) is 30.2 Å². The average Bonchev–Trinajstić information content (AvgIpc) is 3.41. The van der Waals surface area contributed by atoms with Crippen LogP contribution in [0.5, 0.6) is 0 Å². The van der Waals surface area contributed by atoms with Crippen LogP contribution in [-0.2, 0) is 59.0 Å². The number of rotatable bonds is 12. The van der Waals surface area contributed by atoms with Gasteiger partial charge >= 0.3 is 0 Å². The molecule has 3 heterocycles. The molecule has 7 aromatic carbocycles. The van der Waals surface area contributed by atoms with Crippen LogP contribution in [-0.4, -0.2) is 80.4 Å². The number of hydrogen-bond donors (Lipinski definition) is 0. The summed E-state index contributed by atoms with van der Waals surface area (Å²) < 4.78 is 178. The molecule has 24 heteroatoms. The van der Waals surface area contributed by atoms with Gasteiger partial charge in [0.1, 0.15) is 33.1 Å². The third-order valence-electron chi connectivity index (χ3n) is 11.0. The second kappa shape index (κ2) is 17.5. The Morgan fingerprint density at radius 1 is 0.181 bits per heavy atom. The molecule has 10 rings (SSSR count). The zero-order valence-electron chi connectivity index (χ0n) is 36.4. The topological polar surface area (TPSA) is 282 Å². The lowest BCUT2D eigenvalue weighted by Gasteiger charge is -2.17. The van der Waals surface area contributed by atoms with E-state index in [4.69, 9.17) is 0 Å². The van der Waals surface area contributed by atoms with Crippen molar-refractivity contribution < 1.29 is 50.5 Å². The van der Waals surface area contributed by atoms with Crippen LogP contribution in [0.15, 0.2) is 242 Å². The minimum atomic E-state index is -5.07. The molecule has 0 unspecified atom stereocenters. The molecule has 0 spiro atoms. The zero-order valence-corrected chi connectivity index (χ0v) is 41.3. The summed E-state index contributed by atoms with van der Waals surface area (Å²) in [5.74, 6) is 0. The molecule has 0 saturated carbocycles. The number of benzene rings is 7. The number of aromatic nitrogens is 6. The number of fused-ring (bicyclic) bond motifs is 6. The summed E-state index contributed by atoms with van der Waals surface area (Å²) >= 11 is 0. The van der Waals surface area contributed by atoms with Crippen LogP contribution in [0.4, 0.5) is 0 Å². The Morgan fingerprint density at radius 3 is 0.403 bits per heavy atom. The average molecular weight is 1080 g/mol. The molecule has 360 valence electrons. The lowest BCUT2D eigenvalue weighted by atomic mass is 10.2. The van der Waals surface area contributed by atoms with Crippen molar-refractivity contribution in [3.63, 3.8) is 0 Å². The van der Waals surface area contributed by atoms with E-state index in [-0.39, 0.29) is 0 Å². The highest BCUT2D eigenvalue weighted by Crippen LogP contribution is 2.40. The normalized spacial score (nSPS) is 12.8. The summed E-state index contributed by atoms with van der Waals surface area (Å²) in [5, 5.41) is -7.36. The summed E-state index contributed by atoms with van der Waals surface area (Å²) in [5.41, 5.74) is -4.77. The quantitative estimate of drug-likeness (QED) is 0.118. The molecule has 0 fully saturated rings. The van der Waals surface area contributed by atoms with E-state index in [0.717, 1.165) is 72.8 Å². The predicted octanol–water partition coefficient (Wildman–Crippen LogP) is 6.51. The molecule has 0 aliphatic heterocycles. The molecule has 0 amide bonds. The van der Waals surface area contributed by atoms with E-state index in [1.54, 1.807) is 0 Å². The van der Waals surface area contributed by atoms with E-state index < -0.39 is 152 Å². The molecule has 0 aliphatic rings. The number of hydrogen-bond acceptors (Lipinski definition) is 18. The van der Waals surface area contributed by atoms with Crippen molar-refractivity contribution in [1.82, 2.24) is 29.9 Å². The Balaban J connectivity index is 1.49. The van der Waals surface area contributed by atoms with Gasteiger partial charge in [-0.05, 0) is 72.8 Å². The van der Waals surface area contributed by atoms with E-state index >= 15 is 0 Å². The maximum Gasteiger partial charge on any atom is 0.226 e. The third kappa shape index (κ3) is 7.87. The SMILES string of the molecule is O=S(=O)(c1ccccc1)c1nc2c3nc(S(=O)(=O)c4ccccc4)c(S(=O)(=O)c4ccccc4)nc3c3nc(S(=O)(=O)c4ccccc4)c(S(=O)(=O)c4ccccc4)nc3c2nc1S(=O)(=O)c1ccccc1. The van der Waals surface area contributed by atoms with Crippen molar-refractivity contribution >= 4 is 92.1 Å². The van der Waals surface area contributed by atoms with Crippen LogP contribution in [0.2, 0.25) is 0 Å². The number of sulfone groups is 6. The second-order valence-corrected chi connectivity index (χ2v) is 26.7. The van der Waals surface area contributed by atoms with Crippen molar-refractivity contribution in [3.8, 4) is 0 Å². The van der Waals surface area contributed by atoms with Crippen LogP contribution in [0.3, 0.4) is 0 Å². The first-order valence-corrected chi connectivity index (χ1v) is 29.7. The highest BCUT2D eigenvalue weighted by Gasteiger charge is 2.40. The van der Waals surface area contributed by atoms with Gasteiger partial charge in [0.2, 0.25) is 59.0 Å². The van der Waals surface area contributed by atoms with E-state index in [1.807, 2.05) is 0 Å². The molecule has 3 aromatic heterocycles. The third-order valence-corrected chi connectivity index (χ3v) is 21.5. The zero-order chi connectivity index (χ0) is 50.8. The highest BCUT2D eigenvalue weighted by atomic mass is 32.2. The van der Waals surface area contributed by atoms with Crippen molar-refractivity contribution in [2.75, 3.05) is 0 Å². The van der Waals surface area contributed by atoms with Crippen molar-refractivity contribution in [1.29, 1.82) is 0 Å². The Bertz CT molecular complexity index is 3760. The van der Waals surface area contributed by atoms with Gasteiger partial charge in [0.25, 0.3) is 0 Å². The molecule has 0 N–H and O–H groups in total. The number of nitrogens with zero attached hydrogens (tertiary/aromatic N) is 6. The molecule has 0 aliphatic carbocycles. The van der Waals surface area contributed by atoms with Crippen LogP contribution >= 0.6 is 0 Å². The van der Waals surface area contributed by atoms with Crippen molar-refractivity contribution in [3.05, 3.63) is 182 Å². The van der Waals surface area contributed by atoms with E-state index in [9.17, 15) is 50.5 Å². The lowest BCUT2D eigenvalue weighted by molar-refractivity contribution is 0.572. The minimum Gasteiger partial charge on any atom is -0.229 e. The minimum absolute atomic E-state index is 0.477. The van der Waals surface area contributed by atoms with Gasteiger partial charge in [-0.1, -0.05) is 109 Å². The van der Waals surface area contributed by atoms with E-state index in [0.29, 0.717) is 0 Å². The first-order chi connectivity index (χ1) is 34.3. The maximum absolute atomic E-state index is 14.8. The Kier molecular flexibility index (Phi) is 11.7. The Hall–Kier alpha value is -7.74. The molecular weight excluding hydrogens is 1040 g/mol. The molecule has 0 atom stereocenters. The van der Waals surface area contributed by atoms with E-state index in [2.05, 4.69) is 29.9 Å². The van der Waals surface area contributed by atoms with Crippen LogP contribution in [0, 0.1) is 0 Å². The van der Waals surface area contributed by atoms with Crippen molar-refractivity contribution in [2.24, 2.45) is 0 Å². The molecular formula is C48H30N6O12S6. The first kappa shape index (κ1) is 47.9. The smallest absolute Gasteiger partial charge is 0.226 e. The van der Waals surface area contributed by atoms with Crippen LogP contribution in [0.1, 0.15) is 0 Å². The summed E-state index contributed by atoms with van der Waals surface area (Å²) in [6, 6.07) is 38.8. The lowest BCUT2D eigenvalue weighted by Crippen LogP contribution is -2.19. The summed E-state index contributed by atoms with van der Waals surface area (Å²) in [7, 11) is -30.4. The van der Waals surface area contributed by atoms with Gasteiger partial charge in [0.05, 0.1) is 29.4 Å². The van der Waals surface area contributed by atoms with Gasteiger partial charge in [0, 0.05) is 0 Å². The standard InChI is InChI=1S/C48H30N6O12S6/c55-67(56,31-19-7-1-8-20-31)43-44(68(57,58)32-21-9-2-10-22-32)50-38-37(49-43)39-41(53-46(70(61,62)34-25-13-4-14-26-34)45(51-39)69(59,60)33-23-11-3-12-24-33)42-40(38)52-47(71(63,64)35-27-15-5-16-28-35)48(54-42)72(65,66)36-29-17-6-18-30-36/h1-30H. The van der Waals surface area contributed by atoms with Crippen molar-refractivity contribution in [2.45, 2.75) is 59.5 Å². The Labute approximate surface area is 411 Å². The molecule has 10 aromatic rings. The summed E-state index contributed by atoms with van der Waals surface area (Å²) in [6.45, 7) is 0. The van der Waals surface area contributed by atoms with Crippen LogP contribution in [0.25, 0.3) is 33.1 Å². The summed E-state index contributed by atoms with van der Waals surface area (Å²) in [4.78, 5) is 23.5. The van der Waals surface area contributed by atoms with Gasteiger partial charge < -0.3 is 0 Å². The van der Waals surface area contributed by atoms with Crippen LogP contribution < -0.4 is 0 Å². The maximum atomic E-state index is 14.8. The fourth-order valence-corrected chi connectivity index (χ4v) is 16.9. The largest absolute Gasteiger partial charge is 0.229 e.